The molecule has 3 rings (SSSR count). The van der Waals surface area contributed by atoms with Gasteiger partial charge in [-0.15, -0.1) is 11.3 Å². The Morgan fingerprint density at radius 3 is 2.65 bits per heavy atom. The van der Waals surface area contributed by atoms with Gasteiger partial charge in [0.25, 0.3) is 0 Å². The fourth-order valence-corrected chi connectivity index (χ4v) is 4.15. The molecule has 2 aromatic rings. The number of amides is 1. The van der Waals surface area contributed by atoms with Crippen molar-refractivity contribution in [1.82, 2.24) is 10.6 Å². The van der Waals surface area contributed by atoms with Crippen LogP contribution in [0.4, 0.5) is 0 Å². The minimum absolute atomic E-state index is 0.0692. The molecule has 2 heterocycles. The van der Waals surface area contributed by atoms with Gasteiger partial charge in [-0.05, 0) is 61.8 Å². The molecule has 122 valence electrons. The highest BCUT2D eigenvalue weighted by Gasteiger charge is 2.25. The molecule has 1 aromatic heterocycles. The van der Waals surface area contributed by atoms with Crippen molar-refractivity contribution in [2.24, 2.45) is 5.92 Å². The van der Waals surface area contributed by atoms with Gasteiger partial charge in [0.05, 0.1) is 6.04 Å². The van der Waals surface area contributed by atoms with Crippen molar-refractivity contribution in [3.63, 3.8) is 0 Å². The van der Waals surface area contributed by atoms with E-state index in [9.17, 15) is 4.79 Å². The largest absolute Gasteiger partial charge is 0.348 e. The van der Waals surface area contributed by atoms with E-state index in [4.69, 9.17) is 0 Å². The summed E-state index contributed by atoms with van der Waals surface area (Å²) in [6.07, 6.45) is 2.72. The number of nitrogens with one attached hydrogen (secondary N) is 2. The number of aryl methyl sites for hydroxylation is 1. The lowest BCUT2D eigenvalue weighted by Gasteiger charge is -2.25. The first-order valence-corrected chi connectivity index (χ1v) is 9.21. The maximum absolute atomic E-state index is 12.7. The number of thiophene rings is 1. The van der Waals surface area contributed by atoms with Crippen LogP contribution in [0.1, 0.15) is 34.9 Å². The Morgan fingerprint density at radius 1 is 1.26 bits per heavy atom. The smallest absolute Gasteiger partial charge is 0.223 e. The van der Waals surface area contributed by atoms with E-state index in [0.717, 1.165) is 32.4 Å². The zero-order valence-electron chi connectivity index (χ0n) is 13.5. The summed E-state index contributed by atoms with van der Waals surface area (Å²) in [4.78, 5) is 13.9. The molecule has 1 fully saturated rings. The van der Waals surface area contributed by atoms with Gasteiger partial charge < -0.3 is 10.6 Å². The van der Waals surface area contributed by atoms with Crippen molar-refractivity contribution in [1.29, 1.82) is 0 Å². The quantitative estimate of drug-likeness (QED) is 0.882. The van der Waals surface area contributed by atoms with E-state index in [2.05, 4.69) is 53.3 Å². The molecule has 2 N–H and O–H groups in total. The van der Waals surface area contributed by atoms with Crippen molar-refractivity contribution in [2.45, 2.75) is 32.2 Å². The van der Waals surface area contributed by atoms with Crippen LogP contribution in [-0.4, -0.2) is 19.0 Å². The summed E-state index contributed by atoms with van der Waals surface area (Å²) in [6.45, 7) is 4.01. The Bertz CT molecular complexity index is 632. The molecule has 0 aliphatic carbocycles. The number of hydrogen-bond donors (Lipinski definition) is 2. The second kappa shape index (κ2) is 7.75. The molecule has 1 aliphatic rings. The van der Waals surface area contributed by atoms with Crippen molar-refractivity contribution < 1.29 is 4.79 Å². The van der Waals surface area contributed by atoms with Gasteiger partial charge in [0.15, 0.2) is 0 Å². The van der Waals surface area contributed by atoms with E-state index in [1.807, 2.05) is 6.07 Å². The van der Waals surface area contributed by atoms with Crippen molar-refractivity contribution in [2.75, 3.05) is 13.1 Å². The predicted molar refractivity (Wildman–Crippen MR) is 95.7 cm³/mol. The minimum Gasteiger partial charge on any atom is -0.348 e. The number of rotatable bonds is 5. The zero-order chi connectivity index (χ0) is 16.1. The summed E-state index contributed by atoms with van der Waals surface area (Å²) in [5.74, 6) is 0.357. The second-order valence-corrected chi connectivity index (χ2v) is 7.19. The van der Waals surface area contributed by atoms with Crippen molar-refractivity contribution in [3.8, 4) is 0 Å². The van der Waals surface area contributed by atoms with Crippen LogP contribution < -0.4 is 10.6 Å². The maximum atomic E-state index is 12.7. The first-order valence-electron chi connectivity index (χ1n) is 8.33. The minimum atomic E-state index is 0.0692. The summed E-state index contributed by atoms with van der Waals surface area (Å²) in [7, 11) is 0. The number of carbonyl (C=O) groups is 1. The Kier molecular flexibility index (Phi) is 5.47. The fourth-order valence-electron chi connectivity index (χ4n) is 3.17. The topological polar surface area (TPSA) is 41.1 Å². The van der Waals surface area contributed by atoms with Crippen LogP contribution in [0.5, 0.6) is 0 Å². The molecule has 3 nitrogen and oxygen atoms in total. The van der Waals surface area contributed by atoms with E-state index in [1.165, 1.54) is 16.0 Å². The molecule has 1 aromatic carbocycles. The second-order valence-electron chi connectivity index (χ2n) is 6.24. The molecular weight excluding hydrogens is 304 g/mol. The Labute approximate surface area is 142 Å². The highest BCUT2D eigenvalue weighted by Crippen LogP contribution is 2.27. The molecule has 1 atom stereocenters. The first kappa shape index (κ1) is 16.2. The monoisotopic (exact) mass is 328 g/mol. The van der Waals surface area contributed by atoms with Gasteiger partial charge in [-0.25, -0.2) is 0 Å². The molecule has 0 bridgehead atoms. The van der Waals surface area contributed by atoms with Gasteiger partial charge in [-0.1, -0.05) is 30.3 Å². The predicted octanol–water partition coefficient (Wildman–Crippen LogP) is 3.46. The van der Waals surface area contributed by atoms with Crippen LogP contribution in [-0.2, 0) is 11.2 Å². The van der Waals surface area contributed by atoms with E-state index in [1.54, 1.807) is 11.3 Å². The average Bonchev–Trinajstić information content (AvgIpc) is 3.02. The number of carbonyl (C=O) groups excluding carboxylic acids is 1. The molecule has 4 heteroatoms. The van der Waals surface area contributed by atoms with Crippen molar-refractivity contribution >= 4 is 17.2 Å². The lowest BCUT2D eigenvalue weighted by atomic mass is 9.95. The summed E-state index contributed by atoms with van der Waals surface area (Å²) in [5, 5.41) is 8.75. The lowest BCUT2D eigenvalue weighted by Crippen LogP contribution is -2.40. The van der Waals surface area contributed by atoms with Gasteiger partial charge in [0.1, 0.15) is 0 Å². The molecule has 1 unspecified atom stereocenters. The SMILES string of the molecule is Cc1ccsc1C(Cc1ccccc1)NC(=O)C1CCNCC1. The molecule has 23 heavy (non-hydrogen) atoms. The normalized spacial score (nSPS) is 16.9. The van der Waals surface area contributed by atoms with Gasteiger partial charge in [-0.2, -0.15) is 0 Å². The molecule has 0 spiro atoms. The van der Waals surface area contributed by atoms with E-state index in [0.29, 0.717) is 0 Å². The summed E-state index contributed by atoms with van der Waals surface area (Å²) in [6, 6.07) is 12.6. The van der Waals surface area contributed by atoms with Gasteiger partial charge >= 0.3 is 0 Å². The average molecular weight is 328 g/mol. The zero-order valence-corrected chi connectivity index (χ0v) is 14.4. The third-order valence-corrected chi connectivity index (χ3v) is 5.66. The third kappa shape index (κ3) is 4.21. The van der Waals surface area contributed by atoms with Crippen molar-refractivity contribution in [3.05, 3.63) is 57.8 Å². The van der Waals surface area contributed by atoms with Crippen LogP contribution in [0.2, 0.25) is 0 Å². The van der Waals surface area contributed by atoms with Gasteiger partial charge in [-0.3, -0.25) is 4.79 Å². The lowest BCUT2D eigenvalue weighted by molar-refractivity contribution is -0.126. The van der Waals surface area contributed by atoms with Crippen LogP contribution in [0.15, 0.2) is 41.8 Å². The fraction of sp³-hybridized carbons (Fsp3) is 0.421. The Hall–Kier alpha value is -1.65. The van der Waals surface area contributed by atoms with Gasteiger partial charge in [0.2, 0.25) is 5.91 Å². The summed E-state index contributed by atoms with van der Waals surface area (Å²) >= 11 is 1.74. The summed E-state index contributed by atoms with van der Waals surface area (Å²) in [5.41, 5.74) is 2.53. The van der Waals surface area contributed by atoms with E-state index < -0.39 is 0 Å². The highest BCUT2D eigenvalue weighted by atomic mass is 32.1. The molecule has 1 saturated heterocycles. The molecule has 0 radical (unpaired) electrons. The van der Waals surface area contributed by atoms with E-state index >= 15 is 0 Å². The molecule has 1 aliphatic heterocycles. The van der Waals surface area contributed by atoms with Crippen LogP contribution in [0.25, 0.3) is 0 Å². The third-order valence-electron chi connectivity index (χ3n) is 4.53. The first-order chi connectivity index (χ1) is 11.2. The van der Waals surface area contributed by atoms with E-state index in [-0.39, 0.29) is 17.9 Å². The number of benzene rings is 1. The maximum Gasteiger partial charge on any atom is 0.223 e. The number of piperidine rings is 1. The van der Waals surface area contributed by atoms with Crippen LogP contribution in [0, 0.1) is 12.8 Å². The van der Waals surface area contributed by atoms with Crippen LogP contribution >= 0.6 is 11.3 Å². The number of hydrogen-bond acceptors (Lipinski definition) is 3. The standard InChI is InChI=1S/C19H24N2OS/c1-14-9-12-23-18(14)17(13-15-5-3-2-4-6-15)21-19(22)16-7-10-20-11-8-16/h2-6,9,12,16-17,20H,7-8,10-11,13H2,1H3,(H,21,22). The molecule has 1 amide bonds. The molecular formula is C19H24N2OS. The Morgan fingerprint density at radius 2 is 2.00 bits per heavy atom. The summed E-state index contributed by atoms with van der Waals surface area (Å²) < 4.78 is 0. The molecule has 0 saturated carbocycles. The van der Waals surface area contributed by atoms with Gasteiger partial charge in [0, 0.05) is 10.8 Å². The van der Waals surface area contributed by atoms with Crippen LogP contribution in [0.3, 0.4) is 0 Å². The Balaban J connectivity index is 1.75. The highest BCUT2D eigenvalue weighted by molar-refractivity contribution is 7.10.